The first kappa shape index (κ1) is 12.9. The number of piperazine rings is 1. The van der Waals surface area contributed by atoms with Gasteiger partial charge in [0.2, 0.25) is 5.91 Å². The normalized spacial score (nSPS) is 19.5. The highest BCUT2D eigenvalue weighted by Crippen LogP contribution is 2.01. The Balaban J connectivity index is 2.27. The zero-order chi connectivity index (χ0) is 12.1. The third-order valence-corrected chi connectivity index (χ3v) is 2.66. The fraction of sp³-hybridized carbons (Fsp3) is 0.800. The highest BCUT2D eigenvalue weighted by Gasteiger charge is 2.20. The first-order valence-electron chi connectivity index (χ1n) is 5.31. The predicted octanol–water partition coefficient (Wildman–Crippen LogP) is -0.750. The van der Waals surface area contributed by atoms with Gasteiger partial charge in [-0.1, -0.05) is 0 Å². The Bertz CT molecular complexity index is 262. The molecular weight excluding hydrogens is 212 g/mol. The Labute approximate surface area is 94.8 Å². The smallest absolute Gasteiger partial charge is 0.332 e. The summed E-state index contributed by atoms with van der Waals surface area (Å²) in [5, 5.41) is 8.58. The summed E-state index contributed by atoms with van der Waals surface area (Å²) in [7, 11) is 2.00. The molecule has 1 saturated heterocycles. The van der Waals surface area contributed by atoms with E-state index in [-0.39, 0.29) is 12.5 Å². The van der Waals surface area contributed by atoms with Crippen LogP contribution in [0.15, 0.2) is 0 Å². The molecule has 1 aliphatic heterocycles. The van der Waals surface area contributed by atoms with E-state index in [4.69, 9.17) is 9.84 Å². The number of ether oxygens (including phenoxy) is 1. The van der Waals surface area contributed by atoms with Crippen LogP contribution < -0.4 is 0 Å². The van der Waals surface area contributed by atoms with Gasteiger partial charge in [-0.15, -0.1) is 0 Å². The summed E-state index contributed by atoms with van der Waals surface area (Å²) < 4.78 is 4.94. The zero-order valence-electron chi connectivity index (χ0n) is 9.68. The maximum absolute atomic E-state index is 11.6. The second-order valence-corrected chi connectivity index (χ2v) is 3.98. The van der Waals surface area contributed by atoms with E-state index in [2.05, 4.69) is 4.90 Å². The van der Waals surface area contributed by atoms with Gasteiger partial charge in [0, 0.05) is 26.2 Å². The first-order valence-corrected chi connectivity index (χ1v) is 5.31. The lowest BCUT2D eigenvalue weighted by Crippen LogP contribution is -2.48. The zero-order valence-corrected chi connectivity index (χ0v) is 9.68. The minimum atomic E-state index is -1.05. The number of hydrogen-bond donors (Lipinski definition) is 1. The van der Waals surface area contributed by atoms with Crippen LogP contribution in [-0.4, -0.2) is 72.7 Å². The standard InChI is InChI=1S/C10H18N2O4/c1-8(10(14)15)16-7-9(13)12-5-3-11(2)4-6-12/h8H,3-7H2,1-2H3,(H,14,15)/t8-/m0/s1. The van der Waals surface area contributed by atoms with Crippen LogP contribution in [0.25, 0.3) is 0 Å². The maximum atomic E-state index is 11.6. The highest BCUT2D eigenvalue weighted by atomic mass is 16.5. The summed E-state index contributed by atoms with van der Waals surface area (Å²) >= 11 is 0. The Morgan fingerprint density at radius 2 is 1.88 bits per heavy atom. The lowest BCUT2D eigenvalue weighted by atomic mass is 10.3. The molecule has 0 bridgehead atoms. The van der Waals surface area contributed by atoms with E-state index in [1.165, 1.54) is 6.92 Å². The van der Waals surface area contributed by atoms with Crippen molar-refractivity contribution in [3.63, 3.8) is 0 Å². The fourth-order valence-electron chi connectivity index (χ4n) is 1.41. The van der Waals surface area contributed by atoms with Crippen LogP contribution >= 0.6 is 0 Å². The van der Waals surface area contributed by atoms with Gasteiger partial charge >= 0.3 is 5.97 Å². The van der Waals surface area contributed by atoms with Gasteiger partial charge in [-0.3, -0.25) is 4.79 Å². The number of rotatable bonds is 4. The minimum absolute atomic E-state index is 0.138. The molecule has 0 unspecified atom stereocenters. The third kappa shape index (κ3) is 3.79. The summed E-state index contributed by atoms with van der Waals surface area (Å²) in [6.07, 6.45) is -0.934. The van der Waals surface area contributed by atoms with Crippen LogP contribution in [0, 0.1) is 0 Å². The van der Waals surface area contributed by atoms with Crippen LogP contribution in [0.3, 0.4) is 0 Å². The molecule has 0 aromatic rings. The van der Waals surface area contributed by atoms with Gasteiger partial charge in [-0.05, 0) is 14.0 Å². The molecule has 0 aliphatic carbocycles. The third-order valence-electron chi connectivity index (χ3n) is 2.66. The van der Waals surface area contributed by atoms with E-state index < -0.39 is 12.1 Å². The van der Waals surface area contributed by atoms with Crippen molar-refractivity contribution in [2.75, 3.05) is 39.8 Å². The summed E-state index contributed by atoms with van der Waals surface area (Å²) in [4.78, 5) is 25.9. The van der Waals surface area contributed by atoms with E-state index in [9.17, 15) is 9.59 Å². The minimum Gasteiger partial charge on any atom is -0.479 e. The van der Waals surface area contributed by atoms with Gasteiger partial charge in [0.15, 0.2) is 6.10 Å². The van der Waals surface area contributed by atoms with Crippen molar-refractivity contribution in [2.45, 2.75) is 13.0 Å². The number of carbonyl (C=O) groups is 2. The van der Waals surface area contributed by atoms with Gasteiger partial charge in [-0.25, -0.2) is 4.79 Å². The highest BCUT2D eigenvalue weighted by molar-refractivity contribution is 5.78. The molecule has 0 spiro atoms. The lowest BCUT2D eigenvalue weighted by molar-refractivity contribution is -0.153. The van der Waals surface area contributed by atoms with Crippen LogP contribution in [0.5, 0.6) is 0 Å². The van der Waals surface area contributed by atoms with E-state index in [0.717, 1.165) is 13.1 Å². The van der Waals surface area contributed by atoms with E-state index >= 15 is 0 Å². The monoisotopic (exact) mass is 230 g/mol. The van der Waals surface area contributed by atoms with Crippen molar-refractivity contribution in [3.8, 4) is 0 Å². The Morgan fingerprint density at radius 1 is 1.31 bits per heavy atom. The molecule has 92 valence electrons. The van der Waals surface area contributed by atoms with Crippen molar-refractivity contribution in [1.82, 2.24) is 9.80 Å². The molecule has 1 heterocycles. The summed E-state index contributed by atoms with van der Waals surface area (Å²) in [6.45, 7) is 4.32. The largest absolute Gasteiger partial charge is 0.479 e. The molecule has 6 nitrogen and oxygen atoms in total. The van der Waals surface area contributed by atoms with Crippen molar-refractivity contribution in [3.05, 3.63) is 0 Å². The van der Waals surface area contributed by atoms with Gasteiger partial charge in [0.25, 0.3) is 0 Å². The number of amides is 1. The molecule has 0 aromatic carbocycles. The van der Waals surface area contributed by atoms with Crippen LogP contribution in [0.1, 0.15) is 6.92 Å². The van der Waals surface area contributed by atoms with Crippen molar-refractivity contribution >= 4 is 11.9 Å². The first-order chi connectivity index (χ1) is 7.50. The van der Waals surface area contributed by atoms with Crippen molar-refractivity contribution < 1.29 is 19.4 Å². The molecular formula is C10H18N2O4. The Hall–Kier alpha value is -1.14. The van der Waals surface area contributed by atoms with Gasteiger partial charge < -0.3 is 19.6 Å². The molecule has 1 fully saturated rings. The lowest BCUT2D eigenvalue weighted by Gasteiger charge is -2.32. The molecule has 16 heavy (non-hydrogen) atoms. The SMILES string of the molecule is C[C@H](OCC(=O)N1CCN(C)CC1)C(=O)O. The number of carboxylic acid groups (broad SMARTS) is 1. The van der Waals surface area contributed by atoms with Gasteiger partial charge in [-0.2, -0.15) is 0 Å². The average Bonchev–Trinajstić information content (AvgIpc) is 2.26. The van der Waals surface area contributed by atoms with Gasteiger partial charge in [0.05, 0.1) is 0 Å². The van der Waals surface area contributed by atoms with Crippen molar-refractivity contribution in [2.24, 2.45) is 0 Å². The number of hydrogen-bond acceptors (Lipinski definition) is 4. The molecule has 0 aromatic heterocycles. The molecule has 1 aliphatic rings. The topological polar surface area (TPSA) is 70.1 Å². The summed E-state index contributed by atoms with van der Waals surface area (Å²) in [5.74, 6) is -1.19. The number of aliphatic carboxylic acids is 1. The second kappa shape index (κ2) is 5.81. The fourth-order valence-corrected chi connectivity index (χ4v) is 1.41. The summed E-state index contributed by atoms with van der Waals surface area (Å²) in [6, 6.07) is 0. The van der Waals surface area contributed by atoms with Crippen LogP contribution in [-0.2, 0) is 14.3 Å². The molecule has 0 saturated carbocycles. The van der Waals surface area contributed by atoms with Crippen LogP contribution in [0.4, 0.5) is 0 Å². The van der Waals surface area contributed by atoms with Crippen LogP contribution in [0.2, 0.25) is 0 Å². The number of nitrogens with zero attached hydrogens (tertiary/aromatic N) is 2. The molecule has 1 amide bonds. The molecule has 1 rings (SSSR count). The molecule has 0 radical (unpaired) electrons. The molecule has 6 heteroatoms. The molecule has 1 atom stereocenters. The predicted molar refractivity (Wildman–Crippen MR) is 57.1 cm³/mol. The summed E-state index contributed by atoms with van der Waals surface area (Å²) in [5.41, 5.74) is 0. The maximum Gasteiger partial charge on any atom is 0.332 e. The Morgan fingerprint density at radius 3 is 2.38 bits per heavy atom. The quantitative estimate of drug-likeness (QED) is 0.688. The van der Waals surface area contributed by atoms with Gasteiger partial charge in [0.1, 0.15) is 6.61 Å². The molecule has 1 N–H and O–H groups in total. The van der Waals surface area contributed by atoms with E-state index in [1.54, 1.807) is 4.90 Å². The second-order valence-electron chi connectivity index (χ2n) is 3.98. The number of carbonyl (C=O) groups excluding carboxylic acids is 1. The van der Waals surface area contributed by atoms with E-state index in [0.29, 0.717) is 13.1 Å². The average molecular weight is 230 g/mol. The Kier molecular flexibility index (Phi) is 4.70. The number of carboxylic acids is 1. The number of likely N-dealkylation sites (N-methyl/N-ethyl adjacent to an activating group) is 1. The van der Waals surface area contributed by atoms with Crippen molar-refractivity contribution in [1.29, 1.82) is 0 Å². The van der Waals surface area contributed by atoms with E-state index in [1.807, 2.05) is 7.05 Å².